The van der Waals surface area contributed by atoms with E-state index in [-0.39, 0.29) is 10.8 Å². The molecule has 2 heterocycles. The predicted molar refractivity (Wildman–Crippen MR) is 135 cm³/mol. The van der Waals surface area contributed by atoms with Gasteiger partial charge in [0.15, 0.2) is 0 Å². The highest BCUT2D eigenvalue weighted by Crippen LogP contribution is 2.35. The average Bonchev–Trinajstić information content (AvgIpc) is 2.85. The van der Waals surface area contributed by atoms with Crippen LogP contribution in [0, 0.1) is 6.92 Å². The van der Waals surface area contributed by atoms with Gasteiger partial charge >= 0.3 is 0 Å². The Labute approximate surface area is 205 Å². The fraction of sp³-hybridized carbons (Fsp3) is 0.280. The molecule has 3 aromatic rings. The number of benzene rings is 2. The van der Waals surface area contributed by atoms with E-state index in [0.717, 1.165) is 16.8 Å². The lowest BCUT2D eigenvalue weighted by atomic mass is 10.1. The first kappa shape index (κ1) is 24.4. The summed E-state index contributed by atoms with van der Waals surface area (Å²) < 4.78 is 27.5. The molecule has 34 heavy (non-hydrogen) atoms. The van der Waals surface area contributed by atoms with Gasteiger partial charge in [-0.1, -0.05) is 59.8 Å². The van der Waals surface area contributed by atoms with Crippen LogP contribution in [-0.2, 0) is 14.8 Å². The maximum absolute atomic E-state index is 13.2. The number of rotatable bonds is 7. The summed E-state index contributed by atoms with van der Waals surface area (Å²) in [6, 6.07) is 20.4. The molecule has 0 radical (unpaired) electrons. The molecule has 1 saturated heterocycles. The van der Waals surface area contributed by atoms with Crippen molar-refractivity contribution in [3.8, 4) is 0 Å². The third kappa shape index (κ3) is 5.85. The van der Waals surface area contributed by atoms with E-state index >= 15 is 0 Å². The summed E-state index contributed by atoms with van der Waals surface area (Å²) in [5.41, 5.74) is 2.68. The number of carbonyl (C=O) groups is 1. The number of hydrogen-bond acceptors (Lipinski definition) is 6. The largest absolute Gasteiger partial charge is 0.325 e. The molecule has 1 aromatic heterocycles. The summed E-state index contributed by atoms with van der Waals surface area (Å²) in [5, 5.41) is 3.00. The van der Waals surface area contributed by atoms with Crippen LogP contribution < -0.4 is 5.32 Å². The number of piperazine rings is 1. The van der Waals surface area contributed by atoms with Gasteiger partial charge in [-0.3, -0.25) is 4.79 Å². The second-order valence-corrected chi connectivity index (χ2v) is 11.4. The molecule has 1 fully saturated rings. The Morgan fingerprint density at radius 1 is 0.971 bits per heavy atom. The van der Waals surface area contributed by atoms with Crippen LogP contribution >= 0.6 is 11.8 Å². The molecule has 1 amide bonds. The molecule has 4 rings (SSSR count). The molecule has 0 unspecified atom stereocenters. The monoisotopic (exact) mass is 496 g/mol. The van der Waals surface area contributed by atoms with Gasteiger partial charge in [-0.05, 0) is 43.8 Å². The molecular formula is C25H28N4O3S2. The molecule has 7 nitrogen and oxygen atoms in total. The van der Waals surface area contributed by atoms with E-state index < -0.39 is 15.3 Å². The van der Waals surface area contributed by atoms with Crippen molar-refractivity contribution >= 4 is 33.4 Å². The first-order valence-electron chi connectivity index (χ1n) is 11.1. The van der Waals surface area contributed by atoms with Gasteiger partial charge in [0.1, 0.15) is 10.1 Å². The van der Waals surface area contributed by atoms with Gasteiger partial charge in [0, 0.05) is 38.1 Å². The topological polar surface area (TPSA) is 82.6 Å². The lowest BCUT2D eigenvalue weighted by molar-refractivity contribution is -0.115. The van der Waals surface area contributed by atoms with Crippen LogP contribution in [0.5, 0.6) is 0 Å². The number of amides is 1. The van der Waals surface area contributed by atoms with Gasteiger partial charge in [-0.2, -0.15) is 4.31 Å². The molecule has 1 N–H and O–H groups in total. The minimum Gasteiger partial charge on any atom is -0.325 e. The first-order chi connectivity index (χ1) is 16.3. The molecule has 0 aliphatic carbocycles. The van der Waals surface area contributed by atoms with E-state index in [1.165, 1.54) is 22.3 Å². The zero-order chi connectivity index (χ0) is 24.1. The predicted octanol–water partition coefficient (Wildman–Crippen LogP) is 3.80. The van der Waals surface area contributed by atoms with Crippen molar-refractivity contribution in [1.29, 1.82) is 0 Å². The third-order valence-corrected chi connectivity index (χ3v) is 8.79. The smallest absolute Gasteiger partial charge is 0.244 e. The Hall–Kier alpha value is -2.72. The molecule has 1 aliphatic rings. The molecule has 9 heteroatoms. The fourth-order valence-corrected chi connectivity index (χ4v) is 5.96. The quantitative estimate of drug-likeness (QED) is 0.501. The van der Waals surface area contributed by atoms with Crippen molar-refractivity contribution in [3.63, 3.8) is 0 Å². The summed E-state index contributed by atoms with van der Waals surface area (Å²) in [5.74, 6) is -0.170. The van der Waals surface area contributed by atoms with Crippen molar-refractivity contribution in [2.45, 2.75) is 22.1 Å². The van der Waals surface area contributed by atoms with Gasteiger partial charge < -0.3 is 10.2 Å². The van der Waals surface area contributed by atoms with E-state index in [9.17, 15) is 13.2 Å². The zero-order valence-corrected chi connectivity index (χ0v) is 20.8. The summed E-state index contributed by atoms with van der Waals surface area (Å²) in [6.07, 6.45) is 1.38. The van der Waals surface area contributed by atoms with Crippen molar-refractivity contribution in [2.24, 2.45) is 0 Å². The number of pyridine rings is 1. The van der Waals surface area contributed by atoms with Gasteiger partial charge in [0.25, 0.3) is 0 Å². The van der Waals surface area contributed by atoms with Crippen molar-refractivity contribution in [3.05, 3.63) is 84.1 Å². The number of nitrogens with zero attached hydrogens (tertiary/aromatic N) is 3. The molecular weight excluding hydrogens is 468 g/mol. The number of likely N-dealkylation sites (N-methyl/N-ethyl adjacent to an activating group) is 1. The summed E-state index contributed by atoms with van der Waals surface area (Å²) in [6.45, 7) is 4.33. The minimum atomic E-state index is -3.59. The number of aryl methyl sites for hydroxylation is 1. The SMILES string of the molecule is Cc1ccc(NC(=O)[C@@H](Sc2ccc(S(=O)(=O)N3CCN(C)CC3)cn2)c2ccccc2)cc1. The normalized spacial score (nSPS) is 16.2. The number of hydrogen-bond donors (Lipinski definition) is 1. The van der Waals surface area contributed by atoms with Gasteiger partial charge in [-0.15, -0.1) is 0 Å². The molecule has 2 aromatic carbocycles. The van der Waals surface area contributed by atoms with Gasteiger partial charge in [0.05, 0.1) is 5.03 Å². The summed E-state index contributed by atoms with van der Waals surface area (Å²) in [7, 11) is -1.61. The average molecular weight is 497 g/mol. The number of anilines is 1. The maximum atomic E-state index is 13.2. The summed E-state index contributed by atoms with van der Waals surface area (Å²) >= 11 is 1.29. The van der Waals surface area contributed by atoms with Crippen LogP contribution in [0.2, 0.25) is 0 Å². The van der Waals surface area contributed by atoms with E-state index in [2.05, 4.69) is 15.2 Å². The maximum Gasteiger partial charge on any atom is 0.244 e. The Morgan fingerprint density at radius 2 is 1.65 bits per heavy atom. The molecule has 0 spiro atoms. The van der Waals surface area contributed by atoms with Crippen LogP contribution in [0.1, 0.15) is 16.4 Å². The molecule has 178 valence electrons. The lowest BCUT2D eigenvalue weighted by Crippen LogP contribution is -2.47. The highest BCUT2D eigenvalue weighted by Gasteiger charge is 2.28. The Morgan fingerprint density at radius 3 is 2.26 bits per heavy atom. The molecule has 1 atom stereocenters. The Balaban J connectivity index is 1.52. The fourth-order valence-electron chi connectivity index (χ4n) is 3.63. The van der Waals surface area contributed by atoms with E-state index in [1.807, 2.05) is 68.6 Å². The number of sulfonamides is 1. The van der Waals surface area contributed by atoms with Gasteiger partial charge in [0.2, 0.25) is 15.9 Å². The Bertz CT molecular complexity index is 1210. The second-order valence-electron chi connectivity index (χ2n) is 8.30. The first-order valence-corrected chi connectivity index (χ1v) is 13.4. The van der Waals surface area contributed by atoms with Crippen LogP contribution in [0.15, 0.2) is 82.8 Å². The second kappa shape index (κ2) is 10.7. The van der Waals surface area contributed by atoms with Gasteiger partial charge in [-0.25, -0.2) is 13.4 Å². The lowest BCUT2D eigenvalue weighted by Gasteiger charge is -2.31. The Kier molecular flexibility index (Phi) is 7.67. The van der Waals surface area contributed by atoms with E-state index in [0.29, 0.717) is 31.2 Å². The van der Waals surface area contributed by atoms with E-state index in [1.54, 1.807) is 12.1 Å². The van der Waals surface area contributed by atoms with Crippen LogP contribution in [0.25, 0.3) is 0 Å². The van der Waals surface area contributed by atoms with Crippen LogP contribution in [0.3, 0.4) is 0 Å². The standard InChI is InChI=1S/C25H28N4O3S2/c1-19-8-10-21(11-9-19)27-25(30)24(20-6-4-3-5-7-20)33-23-13-12-22(18-26-23)34(31,32)29-16-14-28(2)15-17-29/h3-13,18,24H,14-17H2,1-2H3,(H,27,30)/t24-/m0/s1. The molecule has 1 aliphatic heterocycles. The molecule has 0 saturated carbocycles. The van der Waals surface area contributed by atoms with Crippen molar-refractivity contribution < 1.29 is 13.2 Å². The third-order valence-electron chi connectivity index (χ3n) is 5.71. The highest BCUT2D eigenvalue weighted by molar-refractivity contribution is 8.00. The van der Waals surface area contributed by atoms with Crippen molar-refractivity contribution in [2.75, 3.05) is 38.5 Å². The van der Waals surface area contributed by atoms with Crippen LogP contribution in [0.4, 0.5) is 5.69 Å². The number of carbonyl (C=O) groups excluding carboxylic acids is 1. The summed E-state index contributed by atoms with van der Waals surface area (Å²) in [4.78, 5) is 19.9. The van der Waals surface area contributed by atoms with E-state index in [4.69, 9.17) is 0 Å². The van der Waals surface area contributed by atoms with Crippen LogP contribution in [-0.4, -0.2) is 61.7 Å². The number of aromatic nitrogens is 1. The molecule has 0 bridgehead atoms. The minimum absolute atomic E-state index is 0.168. The number of thioether (sulfide) groups is 1. The highest BCUT2D eigenvalue weighted by atomic mass is 32.2. The van der Waals surface area contributed by atoms with Crippen molar-refractivity contribution in [1.82, 2.24) is 14.2 Å². The number of nitrogens with one attached hydrogen (secondary N) is 1. The zero-order valence-electron chi connectivity index (χ0n) is 19.2.